The van der Waals surface area contributed by atoms with E-state index in [9.17, 15) is 29.6 Å². The number of anilines is 2. The summed E-state index contributed by atoms with van der Waals surface area (Å²) in [5, 5.41) is 23.5. The highest BCUT2D eigenvalue weighted by molar-refractivity contribution is 6.22. The summed E-state index contributed by atoms with van der Waals surface area (Å²) in [6.07, 6.45) is 2.23. The van der Waals surface area contributed by atoms with Crippen LogP contribution in [0.4, 0.5) is 17.1 Å². The molecule has 0 aromatic heterocycles. The van der Waals surface area contributed by atoms with Crippen LogP contribution in [0.25, 0.3) is 0 Å². The number of fused-ring (bicyclic) bond motifs is 4. The fourth-order valence-corrected chi connectivity index (χ4v) is 8.99. The molecule has 8 rings (SSSR count). The summed E-state index contributed by atoms with van der Waals surface area (Å²) in [5.74, 6) is -5.76. The lowest BCUT2D eigenvalue weighted by molar-refractivity contribution is -0.384. The third-order valence-electron chi connectivity index (χ3n) is 11.2. The Morgan fingerprint density at radius 3 is 2.25 bits per heavy atom. The molecule has 6 atom stereocenters. The molecule has 12 nitrogen and oxygen atoms in total. The van der Waals surface area contributed by atoms with Gasteiger partial charge in [-0.05, 0) is 73.2 Å². The number of allylic oxidation sites excluding steroid dienone is 2. The second-order valence-corrected chi connectivity index (χ2v) is 13.8. The normalized spacial score (nSPS) is 26.4. The zero-order valence-corrected chi connectivity index (χ0v) is 28.3. The van der Waals surface area contributed by atoms with Crippen molar-refractivity contribution < 1.29 is 33.9 Å². The molecule has 6 unspecified atom stereocenters. The zero-order chi connectivity index (χ0) is 36.5. The maximum absolute atomic E-state index is 15.2. The van der Waals surface area contributed by atoms with Crippen molar-refractivity contribution in [3.63, 3.8) is 0 Å². The van der Waals surface area contributed by atoms with E-state index in [-0.39, 0.29) is 35.7 Å². The molecule has 1 saturated carbocycles. The molecule has 2 aliphatic heterocycles. The van der Waals surface area contributed by atoms with E-state index in [1.807, 2.05) is 55.5 Å². The second-order valence-electron chi connectivity index (χ2n) is 13.8. The maximum Gasteiger partial charge on any atom is 0.269 e. The number of rotatable bonds is 7. The first-order valence-electron chi connectivity index (χ1n) is 17.0. The lowest BCUT2D eigenvalue weighted by Gasteiger charge is -2.50. The van der Waals surface area contributed by atoms with E-state index in [1.54, 1.807) is 30.3 Å². The van der Waals surface area contributed by atoms with Crippen LogP contribution in [0, 0.1) is 40.7 Å². The van der Waals surface area contributed by atoms with Crippen molar-refractivity contribution in [2.24, 2.45) is 23.7 Å². The predicted molar refractivity (Wildman–Crippen MR) is 189 cm³/mol. The number of nitro groups is 1. The van der Waals surface area contributed by atoms with Gasteiger partial charge in [-0.1, -0.05) is 65.7 Å². The standard InChI is InChI=1S/C40H34N4O8/c1-22-8-11-25(12-9-22)41-43-37(47)31-21-30-28(17-18-29-34(30)38(48)42(36(29)46)26-13-15-27(16-14-26)44(50)51)35(23-10-19-33(52-2)32(45)20-23)40(31,39(43)49)24-6-4-3-5-7-24/h3-17,19-20,29-31,34-35,41,45H,18,21H2,1-2H3. The van der Waals surface area contributed by atoms with Crippen LogP contribution >= 0.6 is 0 Å². The van der Waals surface area contributed by atoms with Crippen LogP contribution in [0.2, 0.25) is 0 Å². The van der Waals surface area contributed by atoms with Crippen molar-refractivity contribution >= 4 is 40.7 Å². The summed E-state index contributed by atoms with van der Waals surface area (Å²) in [4.78, 5) is 70.2. The van der Waals surface area contributed by atoms with Crippen molar-refractivity contribution in [2.75, 3.05) is 17.4 Å². The number of nitro benzene ring substituents is 1. The smallest absolute Gasteiger partial charge is 0.269 e. The molecular formula is C40H34N4O8. The number of hydrazine groups is 1. The Morgan fingerprint density at radius 1 is 0.885 bits per heavy atom. The fourth-order valence-electron chi connectivity index (χ4n) is 8.99. The monoisotopic (exact) mass is 698 g/mol. The van der Waals surface area contributed by atoms with Crippen molar-refractivity contribution in [3.05, 3.63) is 136 Å². The Labute approximate surface area is 298 Å². The number of phenols is 1. The fraction of sp³-hybridized carbons (Fsp3) is 0.250. The Hall–Kier alpha value is -6.30. The minimum absolute atomic E-state index is 0.101. The molecule has 12 heteroatoms. The van der Waals surface area contributed by atoms with E-state index >= 15 is 4.79 Å². The molecule has 2 aliphatic carbocycles. The largest absolute Gasteiger partial charge is 0.504 e. The number of aryl methyl sites for hydroxylation is 1. The highest BCUT2D eigenvalue weighted by Gasteiger charge is 2.70. The van der Waals surface area contributed by atoms with Crippen molar-refractivity contribution in [1.82, 2.24) is 5.01 Å². The number of nitrogens with one attached hydrogen (secondary N) is 1. The van der Waals surface area contributed by atoms with Gasteiger partial charge in [0.2, 0.25) is 11.8 Å². The van der Waals surface area contributed by atoms with Crippen LogP contribution in [0.1, 0.15) is 35.4 Å². The Balaban J connectivity index is 1.30. The van der Waals surface area contributed by atoms with Gasteiger partial charge in [0.1, 0.15) is 0 Å². The molecule has 2 heterocycles. The van der Waals surface area contributed by atoms with Gasteiger partial charge in [-0.15, -0.1) is 0 Å². The molecule has 3 fully saturated rings. The maximum atomic E-state index is 15.2. The molecule has 0 radical (unpaired) electrons. The lowest BCUT2D eigenvalue weighted by atomic mass is 9.49. The topological polar surface area (TPSA) is 159 Å². The van der Waals surface area contributed by atoms with E-state index in [0.29, 0.717) is 16.8 Å². The number of hydrogen-bond acceptors (Lipinski definition) is 9. The van der Waals surface area contributed by atoms with Gasteiger partial charge in [-0.2, -0.15) is 5.01 Å². The summed E-state index contributed by atoms with van der Waals surface area (Å²) >= 11 is 0. The number of methoxy groups -OCH3 is 1. The third kappa shape index (κ3) is 4.74. The Bertz CT molecular complexity index is 2190. The molecule has 262 valence electrons. The number of benzene rings is 4. The van der Waals surface area contributed by atoms with Crippen LogP contribution in [0.3, 0.4) is 0 Å². The molecular weight excluding hydrogens is 664 g/mol. The molecule has 4 amide bonds. The number of phenolic OH excluding ortho intramolecular Hbond substituents is 1. The molecule has 2 saturated heterocycles. The average molecular weight is 699 g/mol. The molecule has 4 aromatic rings. The summed E-state index contributed by atoms with van der Waals surface area (Å²) in [5.41, 5.74) is 5.06. The van der Waals surface area contributed by atoms with Crippen LogP contribution < -0.4 is 15.1 Å². The number of amides is 4. The van der Waals surface area contributed by atoms with Crippen molar-refractivity contribution in [3.8, 4) is 11.5 Å². The van der Waals surface area contributed by atoms with Gasteiger partial charge in [-0.3, -0.25) is 39.6 Å². The first-order valence-corrected chi connectivity index (χ1v) is 17.0. The lowest BCUT2D eigenvalue weighted by Crippen LogP contribution is -2.53. The SMILES string of the molecule is COc1ccc(C2C3=CCC4C(=O)N(c5ccc([N+](=O)[O-])cc5)C(=O)C4C3CC3C(=O)N(Nc4ccc(C)cc4)C(=O)C32c2ccccc2)cc1O. The van der Waals surface area contributed by atoms with Crippen molar-refractivity contribution in [2.45, 2.75) is 31.1 Å². The molecule has 4 aliphatic rings. The van der Waals surface area contributed by atoms with E-state index in [4.69, 9.17) is 4.74 Å². The second kappa shape index (κ2) is 12.2. The molecule has 0 bridgehead atoms. The van der Waals surface area contributed by atoms with Gasteiger partial charge in [-0.25, -0.2) is 0 Å². The van der Waals surface area contributed by atoms with Crippen molar-refractivity contribution in [1.29, 1.82) is 0 Å². The summed E-state index contributed by atoms with van der Waals surface area (Å²) < 4.78 is 5.35. The highest BCUT2D eigenvalue weighted by atomic mass is 16.6. The minimum Gasteiger partial charge on any atom is -0.504 e. The number of hydrogen-bond donors (Lipinski definition) is 2. The van der Waals surface area contributed by atoms with E-state index in [1.165, 1.54) is 31.4 Å². The quantitative estimate of drug-likeness (QED) is 0.105. The highest BCUT2D eigenvalue weighted by Crippen LogP contribution is 2.64. The first kappa shape index (κ1) is 32.9. The van der Waals surface area contributed by atoms with E-state index < -0.39 is 63.6 Å². The number of aromatic hydroxyl groups is 1. The minimum atomic E-state index is -1.49. The molecule has 52 heavy (non-hydrogen) atoms. The van der Waals surface area contributed by atoms with Crippen LogP contribution in [0.5, 0.6) is 11.5 Å². The van der Waals surface area contributed by atoms with Crippen LogP contribution in [-0.4, -0.2) is 45.8 Å². The number of carbonyl (C=O) groups excluding carboxylic acids is 4. The van der Waals surface area contributed by atoms with Gasteiger partial charge in [0, 0.05) is 18.1 Å². The van der Waals surface area contributed by atoms with Gasteiger partial charge in [0.05, 0.1) is 46.6 Å². The number of ether oxygens (including phenoxy) is 1. The van der Waals surface area contributed by atoms with E-state index in [0.717, 1.165) is 21.0 Å². The van der Waals surface area contributed by atoms with Crippen LogP contribution in [-0.2, 0) is 24.6 Å². The zero-order valence-electron chi connectivity index (χ0n) is 28.3. The Kier molecular flexibility index (Phi) is 7.70. The van der Waals surface area contributed by atoms with Gasteiger partial charge in [0.15, 0.2) is 11.5 Å². The first-order chi connectivity index (χ1) is 25.1. The van der Waals surface area contributed by atoms with Gasteiger partial charge < -0.3 is 9.84 Å². The molecule has 4 aromatic carbocycles. The van der Waals surface area contributed by atoms with E-state index in [2.05, 4.69) is 5.43 Å². The Morgan fingerprint density at radius 2 is 1.60 bits per heavy atom. The average Bonchev–Trinajstić information content (AvgIpc) is 3.53. The number of non-ortho nitro benzene ring substituents is 1. The van der Waals surface area contributed by atoms with Gasteiger partial charge in [0.25, 0.3) is 17.5 Å². The predicted octanol–water partition coefficient (Wildman–Crippen LogP) is 5.81. The number of nitrogens with zero attached hydrogens (tertiary/aromatic N) is 3. The molecule has 0 spiro atoms. The summed E-state index contributed by atoms with van der Waals surface area (Å²) in [6.45, 7) is 1.93. The number of imide groups is 2. The number of carbonyl (C=O) groups is 4. The van der Waals surface area contributed by atoms with Gasteiger partial charge >= 0.3 is 0 Å². The summed E-state index contributed by atoms with van der Waals surface area (Å²) in [6, 6.07) is 26.6. The van der Waals surface area contributed by atoms with Crippen LogP contribution in [0.15, 0.2) is 109 Å². The summed E-state index contributed by atoms with van der Waals surface area (Å²) in [7, 11) is 1.43. The third-order valence-corrected chi connectivity index (χ3v) is 11.2. The molecule has 2 N–H and O–H groups in total.